The van der Waals surface area contributed by atoms with Crippen LogP contribution in [0.2, 0.25) is 0 Å². The average molecular weight is 325 g/mol. The molecule has 0 spiro atoms. The molecule has 2 rings (SSSR count). The van der Waals surface area contributed by atoms with Crippen LogP contribution in [-0.4, -0.2) is 21.9 Å². The smallest absolute Gasteiger partial charge is 0.230 e. The van der Waals surface area contributed by atoms with Crippen molar-refractivity contribution in [3.05, 3.63) is 41.2 Å². The number of nitrogens with zero attached hydrogens (tertiary/aromatic N) is 2. The van der Waals surface area contributed by atoms with Crippen LogP contribution in [0.4, 0.5) is 4.39 Å². The summed E-state index contributed by atoms with van der Waals surface area (Å²) in [6.45, 7) is 4.04. The van der Waals surface area contributed by atoms with Crippen molar-refractivity contribution in [3.63, 3.8) is 0 Å². The molecule has 0 aliphatic rings. The molecule has 0 saturated heterocycles. The third kappa shape index (κ3) is 4.78. The molecular formula is C14H16FN3OS2. The number of halogens is 1. The molecule has 21 heavy (non-hydrogen) atoms. The van der Waals surface area contributed by atoms with Gasteiger partial charge in [-0.25, -0.2) is 4.39 Å². The lowest BCUT2D eigenvalue weighted by molar-refractivity contribution is -0.119. The summed E-state index contributed by atoms with van der Waals surface area (Å²) in [5, 5.41) is 10.6. The van der Waals surface area contributed by atoms with E-state index in [1.807, 2.05) is 13.8 Å². The van der Waals surface area contributed by atoms with Gasteiger partial charge in [0, 0.05) is 0 Å². The molecule has 1 unspecified atom stereocenters. The molecule has 1 aromatic carbocycles. The minimum Gasteiger partial charge on any atom is -0.348 e. The molecule has 0 bridgehead atoms. The Hall–Kier alpha value is -1.47. The van der Waals surface area contributed by atoms with Crippen molar-refractivity contribution in [1.29, 1.82) is 0 Å². The molecule has 0 aliphatic carbocycles. The van der Waals surface area contributed by atoms with E-state index in [4.69, 9.17) is 0 Å². The second kappa shape index (κ2) is 7.51. The summed E-state index contributed by atoms with van der Waals surface area (Å²) in [7, 11) is 0. The maximum Gasteiger partial charge on any atom is 0.230 e. The Morgan fingerprint density at radius 3 is 2.67 bits per heavy atom. The van der Waals surface area contributed by atoms with Crippen molar-refractivity contribution in [2.75, 3.05) is 5.75 Å². The minimum absolute atomic E-state index is 0.0711. The number of hydrogen-bond donors (Lipinski definition) is 1. The molecule has 1 heterocycles. The quantitative estimate of drug-likeness (QED) is 0.828. The van der Waals surface area contributed by atoms with Gasteiger partial charge in [-0.3, -0.25) is 4.79 Å². The van der Waals surface area contributed by atoms with Gasteiger partial charge in [-0.1, -0.05) is 49.1 Å². The first-order valence-electron chi connectivity index (χ1n) is 6.50. The first kappa shape index (κ1) is 15.9. The second-order valence-corrected chi connectivity index (χ2v) is 6.89. The van der Waals surface area contributed by atoms with Crippen LogP contribution in [0.5, 0.6) is 0 Å². The van der Waals surface area contributed by atoms with Crippen LogP contribution in [0.25, 0.3) is 0 Å². The van der Waals surface area contributed by atoms with Crippen LogP contribution in [0.15, 0.2) is 34.1 Å². The third-order valence-corrected chi connectivity index (χ3v) is 4.74. The number of benzene rings is 1. The Kier molecular flexibility index (Phi) is 5.69. The Balaban J connectivity index is 1.96. The van der Waals surface area contributed by atoms with Crippen molar-refractivity contribution in [2.45, 2.75) is 24.2 Å². The Morgan fingerprint density at radius 1 is 1.38 bits per heavy atom. The maximum atomic E-state index is 13.0. The first-order valence-corrected chi connectivity index (χ1v) is 8.36. The van der Waals surface area contributed by atoms with E-state index in [0.29, 0.717) is 5.75 Å². The lowest BCUT2D eigenvalue weighted by atomic mass is 9.96. The number of amides is 1. The van der Waals surface area contributed by atoms with E-state index in [1.165, 1.54) is 35.2 Å². The number of carbonyl (C=O) groups excluding carboxylic acids is 1. The lowest BCUT2D eigenvalue weighted by Gasteiger charge is -2.22. The molecule has 7 heteroatoms. The van der Waals surface area contributed by atoms with Crippen molar-refractivity contribution in [2.24, 2.45) is 5.92 Å². The van der Waals surface area contributed by atoms with Gasteiger partial charge in [-0.2, -0.15) is 0 Å². The van der Waals surface area contributed by atoms with Crippen LogP contribution in [0.3, 0.4) is 0 Å². The zero-order chi connectivity index (χ0) is 15.2. The van der Waals surface area contributed by atoms with Gasteiger partial charge in [0.2, 0.25) is 5.91 Å². The van der Waals surface area contributed by atoms with Crippen molar-refractivity contribution >= 4 is 29.0 Å². The highest BCUT2D eigenvalue weighted by Gasteiger charge is 2.18. The maximum absolute atomic E-state index is 13.0. The molecule has 112 valence electrons. The van der Waals surface area contributed by atoms with Crippen LogP contribution in [0, 0.1) is 11.7 Å². The molecule has 1 N–H and O–H groups in total. The van der Waals surface area contributed by atoms with Crippen LogP contribution < -0.4 is 5.32 Å². The fraction of sp³-hybridized carbons (Fsp3) is 0.357. The standard InChI is InChI=1S/C14H16FN3OS2/c1-9(2)13(10-3-5-11(15)6-4-10)17-12(19)7-20-14-18-16-8-21-14/h3-6,8-9,13H,7H2,1-2H3,(H,17,19). The number of thioether (sulfide) groups is 1. The van der Waals surface area contributed by atoms with Crippen LogP contribution in [-0.2, 0) is 4.79 Å². The minimum atomic E-state index is -0.278. The molecule has 0 aliphatic heterocycles. The summed E-state index contributed by atoms with van der Waals surface area (Å²) in [6, 6.07) is 6.10. The van der Waals surface area contributed by atoms with Crippen LogP contribution in [0.1, 0.15) is 25.5 Å². The topological polar surface area (TPSA) is 54.9 Å². The molecule has 0 radical (unpaired) electrons. The molecule has 2 aromatic rings. The molecule has 0 saturated carbocycles. The Morgan fingerprint density at radius 2 is 2.10 bits per heavy atom. The van der Waals surface area contributed by atoms with Gasteiger partial charge >= 0.3 is 0 Å². The number of aromatic nitrogens is 2. The van der Waals surface area contributed by atoms with Gasteiger partial charge in [-0.15, -0.1) is 10.2 Å². The summed E-state index contributed by atoms with van der Waals surface area (Å²) in [4.78, 5) is 12.0. The van der Waals surface area contributed by atoms with E-state index in [1.54, 1.807) is 17.6 Å². The highest BCUT2D eigenvalue weighted by atomic mass is 32.2. The number of hydrogen-bond acceptors (Lipinski definition) is 5. The van der Waals surface area contributed by atoms with E-state index in [0.717, 1.165) is 9.90 Å². The first-order chi connectivity index (χ1) is 10.1. The molecule has 1 atom stereocenters. The SMILES string of the molecule is CC(C)C(NC(=O)CSc1nncs1)c1ccc(F)cc1. The molecule has 1 aromatic heterocycles. The highest BCUT2D eigenvalue weighted by molar-refractivity contribution is 8.01. The molecule has 4 nitrogen and oxygen atoms in total. The summed E-state index contributed by atoms with van der Waals surface area (Å²) in [5.74, 6) is 0.156. The zero-order valence-corrected chi connectivity index (χ0v) is 13.4. The van der Waals surface area contributed by atoms with Crippen molar-refractivity contribution < 1.29 is 9.18 Å². The van der Waals surface area contributed by atoms with Gasteiger partial charge in [0.05, 0.1) is 11.8 Å². The van der Waals surface area contributed by atoms with Crippen molar-refractivity contribution in [1.82, 2.24) is 15.5 Å². The van der Waals surface area contributed by atoms with E-state index >= 15 is 0 Å². The summed E-state index contributed by atoms with van der Waals surface area (Å²) >= 11 is 2.77. The van der Waals surface area contributed by atoms with Gasteiger partial charge in [0.1, 0.15) is 11.3 Å². The Bertz CT molecular complexity index is 572. The van der Waals surface area contributed by atoms with E-state index in [2.05, 4.69) is 15.5 Å². The predicted octanol–water partition coefficient (Wildman–Crippen LogP) is 3.28. The van der Waals surface area contributed by atoms with E-state index in [9.17, 15) is 9.18 Å². The average Bonchev–Trinajstić information content (AvgIpc) is 2.97. The summed E-state index contributed by atoms with van der Waals surface area (Å²) < 4.78 is 13.8. The zero-order valence-electron chi connectivity index (χ0n) is 11.7. The predicted molar refractivity (Wildman–Crippen MR) is 82.8 cm³/mol. The Labute approximate surface area is 131 Å². The van der Waals surface area contributed by atoms with Gasteiger partial charge in [0.25, 0.3) is 0 Å². The summed E-state index contributed by atoms with van der Waals surface area (Å²) in [6.07, 6.45) is 0. The largest absolute Gasteiger partial charge is 0.348 e. The molecular weight excluding hydrogens is 309 g/mol. The monoisotopic (exact) mass is 325 g/mol. The van der Waals surface area contributed by atoms with Gasteiger partial charge < -0.3 is 5.32 Å². The molecule has 0 fully saturated rings. The number of nitrogens with one attached hydrogen (secondary N) is 1. The highest BCUT2D eigenvalue weighted by Crippen LogP contribution is 2.23. The fourth-order valence-electron chi connectivity index (χ4n) is 1.87. The normalized spacial score (nSPS) is 12.4. The lowest BCUT2D eigenvalue weighted by Crippen LogP contribution is -2.32. The summed E-state index contributed by atoms with van der Waals surface area (Å²) in [5.41, 5.74) is 2.54. The molecule has 1 amide bonds. The van der Waals surface area contributed by atoms with Crippen molar-refractivity contribution in [3.8, 4) is 0 Å². The fourth-order valence-corrected chi connectivity index (χ4v) is 3.17. The second-order valence-electron chi connectivity index (χ2n) is 4.83. The van der Waals surface area contributed by atoms with Gasteiger partial charge in [-0.05, 0) is 23.6 Å². The van der Waals surface area contributed by atoms with Gasteiger partial charge in [0.15, 0.2) is 4.34 Å². The third-order valence-electron chi connectivity index (χ3n) is 2.88. The number of rotatable bonds is 6. The van der Waals surface area contributed by atoms with Crippen LogP contribution >= 0.6 is 23.1 Å². The number of carbonyl (C=O) groups is 1. The van der Waals surface area contributed by atoms with E-state index in [-0.39, 0.29) is 23.7 Å². The van der Waals surface area contributed by atoms with E-state index < -0.39 is 0 Å².